The van der Waals surface area contributed by atoms with Crippen molar-refractivity contribution in [3.8, 4) is 11.1 Å². The van der Waals surface area contributed by atoms with Crippen LogP contribution in [0.25, 0.3) is 11.1 Å². The molecule has 1 saturated carbocycles. The van der Waals surface area contributed by atoms with Crippen LogP contribution in [-0.2, 0) is 14.3 Å². The van der Waals surface area contributed by atoms with Gasteiger partial charge >= 0.3 is 0 Å². The highest BCUT2D eigenvalue weighted by molar-refractivity contribution is 6.30. The molecule has 26 heavy (non-hydrogen) atoms. The lowest BCUT2D eigenvalue weighted by Crippen LogP contribution is -2.26. The number of ketones is 2. The minimum atomic E-state index is -0.675. The van der Waals surface area contributed by atoms with Gasteiger partial charge in [-0.15, -0.1) is 0 Å². The van der Waals surface area contributed by atoms with Crippen molar-refractivity contribution in [3.63, 3.8) is 0 Å². The van der Waals surface area contributed by atoms with Crippen molar-refractivity contribution < 1.29 is 14.3 Å². The molecular weight excluding hydrogens is 348 g/mol. The highest BCUT2D eigenvalue weighted by atomic mass is 35.5. The Bertz CT molecular complexity index is 930. The molecule has 2 fully saturated rings. The summed E-state index contributed by atoms with van der Waals surface area (Å²) in [6.45, 7) is 1.96. The number of aryl methyl sites for hydroxylation is 1. The molecule has 0 radical (unpaired) electrons. The van der Waals surface area contributed by atoms with E-state index in [4.69, 9.17) is 16.3 Å². The molecule has 130 valence electrons. The van der Waals surface area contributed by atoms with Gasteiger partial charge in [0.2, 0.25) is 0 Å². The van der Waals surface area contributed by atoms with Crippen LogP contribution in [0.15, 0.2) is 54.6 Å². The third kappa shape index (κ3) is 2.17. The number of benzene rings is 2. The molecule has 0 amide bonds. The molecule has 0 N–H and O–H groups in total. The number of fused-ring (bicyclic) bond motifs is 5. The molecule has 2 aromatic rings. The maximum Gasteiger partial charge on any atom is 0.154 e. The molecule has 1 aliphatic carbocycles. The topological polar surface area (TPSA) is 43.4 Å². The fourth-order valence-corrected chi connectivity index (χ4v) is 4.72. The molecule has 2 aliphatic heterocycles. The van der Waals surface area contributed by atoms with Crippen LogP contribution in [0.1, 0.15) is 17.0 Å². The third-order valence-electron chi connectivity index (χ3n) is 5.89. The Labute approximate surface area is 156 Å². The quantitative estimate of drug-likeness (QED) is 0.594. The predicted molar refractivity (Wildman–Crippen MR) is 99.2 cm³/mol. The average Bonchev–Trinajstić information content (AvgIpc) is 3.31. The number of carbonyl (C=O) groups excluding carboxylic acids is 2. The number of ether oxygens (including phenoxy) is 1. The van der Waals surface area contributed by atoms with E-state index >= 15 is 0 Å². The second-order valence-electron chi connectivity index (χ2n) is 7.32. The van der Waals surface area contributed by atoms with E-state index < -0.39 is 5.92 Å². The van der Waals surface area contributed by atoms with Crippen molar-refractivity contribution in [2.45, 2.75) is 25.0 Å². The molecule has 2 bridgehead atoms. The highest BCUT2D eigenvalue weighted by Gasteiger charge is 2.61. The van der Waals surface area contributed by atoms with Crippen LogP contribution in [0.5, 0.6) is 0 Å². The normalized spacial score (nSPS) is 31.7. The van der Waals surface area contributed by atoms with E-state index in [1.807, 2.05) is 61.5 Å². The first-order valence-electron chi connectivity index (χ1n) is 8.82. The molecule has 3 nitrogen and oxygen atoms in total. The summed E-state index contributed by atoms with van der Waals surface area (Å²) < 4.78 is 5.73. The van der Waals surface area contributed by atoms with Gasteiger partial charge in [-0.2, -0.15) is 0 Å². The Hall–Kier alpha value is -2.23. The molecule has 5 rings (SSSR count). The number of rotatable bonds is 2. The monoisotopic (exact) mass is 364 g/mol. The number of carbonyl (C=O) groups is 2. The molecule has 5 atom stereocenters. The van der Waals surface area contributed by atoms with Crippen LogP contribution >= 0.6 is 11.6 Å². The zero-order valence-corrected chi connectivity index (χ0v) is 14.9. The lowest BCUT2D eigenvalue weighted by Gasteiger charge is -2.16. The zero-order chi connectivity index (χ0) is 18.0. The summed E-state index contributed by atoms with van der Waals surface area (Å²) in [6.07, 6.45) is 3.39. The Morgan fingerprint density at radius 1 is 0.846 bits per heavy atom. The van der Waals surface area contributed by atoms with E-state index in [1.165, 1.54) is 0 Å². The molecule has 2 heterocycles. The summed E-state index contributed by atoms with van der Waals surface area (Å²) in [6, 6.07) is 13.6. The number of Topliss-reactive ketones (excluding diaryl/α,β-unsaturated/α-hetero) is 2. The third-order valence-corrected chi connectivity index (χ3v) is 6.15. The smallest absolute Gasteiger partial charge is 0.154 e. The van der Waals surface area contributed by atoms with E-state index in [9.17, 15) is 9.59 Å². The van der Waals surface area contributed by atoms with Crippen molar-refractivity contribution >= 4 is 23.2 Å². The lowest BCUT2D eigenvalue weighted by molar-refractivity contribution is -0.127. The Morgan fingerprint density at radius 2 is 1.42 bits per heavy atom. The molecule has 4 heteroatoms. The summed E-state index contributed by atoms with van der Waals surface area (Å²) in [5.41, 5.74) is 3.79. The van der Waals surface area contributed by atoms with E-state index in [0.717, 1.165) is 22.3 Å². The van der Waals surface area contributed by atoms with E-state index in [-0.39, 0.29) is 35.6 Å². The predicted octanol–water partition coefficient (Wildman–Crippen LogP) is 4.12. The molecule has 0 spiro atoms. The molecular formula is C22H17ClO3. The fraction of sp³-hybridized carbons (Fsp3) is 0.273. The van der Waals surface area contributed by atoms with E-state index in [1.54, 1.807) is 0 Å². The van der Waals surface area contributed by atoms with Crippen LogP contribution in [0.2, 0.25) is 5.02 Å². The second-order valence-corrected chi connectivity index (χ2v) is 7.75. The summed E-state index contributed by atoms with van der Waals surface area (Å²) in [4.78, 5) is 26.2. The van der Waals surface area contributed by atoms with Gasteiger partial charge in [-0.1, -0.05) is 48.0 Å². The van der Waals surface area contributed by atoms with Crippen LogP contribution in [0.4, 0.5) is 0 Å². The summed E-state index contributed by atoms with van der Waals surface area (Å²) in [5, 5.41) is 0.679. The molecule has 2 aromatic carbocycles. The summed E-state index contributed by atoms with van der Waals surface area (Å²) in [5.74, 6) is -1.30. The van der Waals surface area contributed by atoms with Gasteiger partial charge in [0.1, 0.15) is 5.92 Å². The van der Waals surface area contributed by atoms with Gasteiger partial charge in [-0.25, -0.2) is 0 Å². The molecule has 0 aromatic heterocycles. The van der Waals surface area contributed by atoms with Gasteiger partial charge in [0, 0.05) is 5.02 Å². The van der Waals surface area contributed by atoms with Crippen molar-refractivity contribution in [2.24, 2.45) is 11.8 Å². The molecule has 1 unspecified atom stereocenters. The first-order chi connectivity index (χ1) is 12.5. The Morgan fingerprint density at radius 3 is 2.04 bits per heavy atom. The van der Waals surface area contributed by atoms with Crippen molar-refractivity contribution in [1.29, 1.82) is 0 Å². The average molecular weight is 365 g/mol. The second kappa shape index (κ2) is 5.63. The summed E-state index contributed by atoms with van der Waals surface area (Å²) >= 11 is 5.98. The van der Waals surface area contributed by atoms with Gasteiger partial charge in [0.05, 0.1) is 24.0 Å². The zero-order valence-electron chi connectivity index (χ0n) is 14.2. The minimum Gasteiger partial charge on any atom is -0.365 e. The first-order valence-corrected chi connectivity index (χ1v) is 9.20. The standard InChI is InChI=1S/C22H17ClO3/c1-11-2-3-13(12-4-6-14(23)7-5-12)10-15(11)18-21(24)19-16-8-9-17(26-16)20(19)22(18)25/h2-10,16-20H,1H3/t16-,17-,18?,19-,20+/m1/s1. The minimum absolute atomic E-state index is 0.00760. The number of halogens is 1. The van der Waals surface area contributed by atoms with Crippen molar-refractivity contribution in [3.05, 3.63) is 70.8 Å². The Balaban J connectivity index is 1.56. The van der Waals surface area contributed by atoms with E-state index in [2.05, 4.69) is 0 Å². The fourth-order valence-electron chi connectivity index (χ4n) is 4.59. The first kappa shape index (κ1) is 16.0. The lowest BCUT2D eigenvalue weighted by atomic mass is 9.85. The van der Waals surface area contributed by atoms with Crippen molar-refractivity contribution in [2.75, 3.05) is 0 Å². The highest BCUT2D eigenvalue weighted by Crippen LogP contribution is 2.50. The van der Waals surface area contributed by atoms with Crippen molar-refractivity contribution in [1.82, 2.24) is 0 Å². The maximum atomic E-state index is 13.1. The van der Waals surface area contributed by atoms with Gasteiger partial charge in [-0.05, 0) is 47.4 Å². The number of hydrogen-bond donors (Lipinski definition) is 0. The molecule has 3 aliphatic rings. The van der Waals surface area contributed by atoms with Crippen LogP contribution < -0.4 is 0 Å². The van der Waals surface area contributed by atoms with Crippen LogP contribution in [0.3, 0.4) is 0 Å². The maximum absolute atomic E-state index is 13.1. The summed E-state index contributed by atoms with van der Waals surface area (Å²) in [7, 11) is 0. The van der Waals surface area contributed by atoms with Gasteiger partial charge in [0.15, 0.2) is 11.6 Å². The van der Waals surface area contributed by atoms with Gasteiger partial charge in [-0.3, -0.25) is 9.59 Å². The van der Waals surface area contributed by atoms with Gasteiger partial charge in [0.25, 0.3) is 0 Å². The largest absolute Gasteiger partial charge is 0.365 e. The van der Waals surface area contributed by atoms with Crippen LogP contribution in [-0.4, -0.2) is 23.8 Å². The Kier molecular flexibility index (Phi) is 3.46. The molecule has 1 saturated heterocycles. The van der Waals surface area contributed by atoms with Gasteiger partial charge < -0.3 is 4.74 Å². The number of hydrogen-bond acceptors (Lipinski definition) is 3. The van der Waals surface area contributed by atoms with Crippen LogP contribution in [0, 0.1) is 18.8 Å². The van der Waals surface area contributed by atoms with E-state index in [0.29, 0.717) is 5.02 Å². The SMILES string of the molecule is Cc1ccc(-c2ccc(Cl)cc2)cc1C1C(=O)[C@@H]2[C@H](C1=O)[C@H]1C=C[C@H]2O1.